The van der Waals surface area contributed by atoms with E-state index in [1.807, 2.05) is 6.07 Å². The fraction of sp³-hybridized carbons (Fsp3) is 0.115. The Kier molecular flexibility index (Phi) is 9.28. The monoisotopic (exact) mass is 527 g/mol. The third-order valence-corrected chi connectivity index (χ3v) is 5.22. The Labute approximate surface area is 217 Å². The molecular formula is C26H20Cl2FN3O4. The number of nitrogens with zero attached hydrogens (tertiary/aromatic N) is 1. The average molecular weight is 528 g/mol. The molecule has 0 bridgehead atoms. The molecule has 3 aromatic carbocycles. The van der Waals surface area contributed by atoms with E-state index in [1.165, 1.54) is 42.5 Å². The molecule has 0 aliphatic heterocycles. The summed E-state index contributed by atoms with van der Waals surface area (Å²) in [5, 5.41) is 15.1. The molecule has 0 saturated heterocycles. The number of benzene rings is 3. The Hall–Kier alpha value is -4.06. The van der Waals surface area contributed by atoms with E-state index in [1.54, 1.807) is 31.2 Å². The predicted molar refractivity (Wildman–Crippen MR) is 137 cm³/mol. The summed E-state index contributed by atoms with van der Waals surface area (Å²) in [7, 11) is 0. The lowest BCUT2D eigenvalue weighted by Gasteiger charge is -2.15. The molecule has 0 fully saturated rings. The summed E-state index contributed by atoms with van der Waals surface area (Å²) >= 11 is 12.4. The van der Waals surface area contributed by atoms with Crippen LogP contribution in [-0.4, -0.2) is 25.0 Å². The van der Waals surface area contributed by atoms with Crippen LogP contribution in [0.3, 0.4) is 0 Å². The number of halogens is 3. The van der Waals surface area contributed by atoms with Crippen molar-refractivity contribution in [2.24, 2.45) is 0 Å². The highest BCUT2D eigenvalue weighted by Gasteiger charge is 2.16. The van der Waals surface area contributed by atoms with Crippen LogP contribution in [0.5, 0.6) is 11.5 Å². The van der Waals surface area contributed by atoms with Crippen LogP contribution in [0.25, 0.3) is 6.08 Å². The van der Waals surface area contributed by atoms with Gasteiger partial charge in [-0.1, -0.05) is 35.3 Å². The van der Waals surface area contributed by atoms with Crippen LogP contribution in [0.4, 0.5) is 15.8 Å². The Bertz CT molecular complexity index is 1340. The summed E-state index contributed by atoms with van der Waals surface area (Å²) in [5.41, 5.74) is 0.939. The first-order valence-electron chi connectivity index (χ1n) is 10.6. The van der Waals surface area contributed by atoms with E-state index in [2.05, 4.69) is 10.6 Å². The van der Waals surface area contributed by atoms with Gasteiger partial charge in [0, 0.05) is 5.69 Å². The van der Waals surface area contributed by atoms with Crippen molar-refractivity contribution < 1.29 is 23.5 Å². The summed E-state index contributed by atoms with van der Waals surface area (Å²) < 4.78 is 24.3. The molecular weight excluding hydrogens is 508 g/mol. The van der Waals surface area contributed by atoms with Crippen molar-refractivity contribution >= 4 is 52.5 Å². The number of nitriles is 1. The quantitative estimate of drug-likeness (QED) is 0.259. The van der Waals surface area contributed by atoms with E-state index in [4.69, 9.17) is 32.7 Å². The van der Waals surface area contributed by atoms with Gasteiger partial charge in [0.15, 0.2) is 18.1 Å². The highest BCUT2D eigenvalue weighted by Crippen LogP contribution is 2.37. The molecule has 0 spiro atoms. The van der Waals surface area contributed by atoms with Crippen molar-refractivity contribution in [3.8, 4) is 17.6 Å². The van der Waals surface area contributed by atoms with E-state index in [0.717, 1.165) is 0 Å². The summed E-state index contributed by atoms with van der Waals surface area (Å²) in [5.74, 6) is -1.26. The number of hydrogen-bond acceptors (Lipinski definition) is 5. The van der Waals surface area contributed by atoms with E-state index < -0.39 is 17.6 Å². The first kappa shape index (κ1) is 26.5. The third kappa shape index (κ3) is 7.22. The number of carbonyl (C=O) groups is 2. The number of amides is 2. The maximum absolute atomic E-state index is 13.1. The van der Waals surface area contributed by atoms with E-state index in [-0.39, 0.29) is 35.3 Å². The molecule has 0 unspecified atom stereocenters. The predicted octanol–water partition coefficient (Wildman–Crippen LogP) is 6.09. The molecule has 10 heteroatoms. The van der Waals surface area contributed by atoms with E-state index in [0.29, 0.717) is 22.0 Å². The molecule has 2 amide bonds. The maximum Gasteiger partial charge on any atom is 0.266 e. The first-order valence-corrected chi connectivity index (χ1v) is 11.4. The molecule has 0 aliphatic carbocycles. The SMILES string of the molecule is CCOc1cc(/C=C(\C#N)C(=O)Nc2ccc(F)cc2)cc(Cl)c1OCC(=O)Nc1ccccc1Cl. The summed E-state index contributed by atoms with van der Waals surface area (Å²) in [6.45, 7) is 1.65. The second-order valence-electron chi connectivity index (χ2n) is 7.21. The Morgan fingerprint density at radius 3 is 2.42 bits per heavy atom. The van der Waals surface area contributed by atoms with Crippen molar-refractivity contribution in [1.82, 2.24) is 0 Å². The molecule has 3 aromatic rings. The Morgan fingerprint density at radius 1 is 1.03 bits per heavy atom. The lowest BCUT2D eigenvalue weighted by Crippen LogP contribution is -2.20. The standard InChI is InChI=1S/C26H20Cl2FN3O4/c1-2-35-23-13-16(11-17(14-30)26(34)31-19-9-7-18(29)8-10-19)12-21(28)25(23)36-15-24(33)32-22-6-4-3-5-20(22)27/h3-13H,2,15H2,1H3,(H,31,34)(H,32,33)/b17-11+. The topological polar surface area (TPSA) is 100 Å². The zero-order valence-corrected chi connectivity index (χ0v) is 20.5. The van der Waals surface area contributed by atoms with Crippen molar-refractivity contribution in [3.63, 3.8) is 0 Å². The number of anilines is 2. The lowest BCUT2D eigenvalue weighted by molar-refractivity contribution is -0.118. The molecule has 2 N–H and O–H groups in total. The Balaban J connectivity index is 1.77. The fourth-order valence-electron chi connectivity index (χ4n) is 3.01. The van der Waals surface area contributed by atoms with Gasteiger partial charge in [0.05, 0.1) is 22.3 Å². The molecule has 0 saturated carbocycles. The molecule has 0 atom stereocenters. The molecule has 36 heavy (non-hydrogen) atoms. The third-order valence-electron chi connectivity index (χ3n) is 4.61. The fourth-order valence-corrected chi connectivity index (χ4v) is 3.46. The van der Waals surface area contributed by atoms with Crippen LogP contribution in [0.1, 0.15) is 12.5 Å². The van der Waals surface area contributed by atoms with Crippen molar-refractivity contribution in [2.45, 2.75) is 6.92 Å². The van der Waals surface area contributed by atoms with Crippen molar-refractivity contribution in [1.29, 1.82) is 5.26 Å². The van der Waals surface area contributed by atoms with Gasteiger partial charge < -0.3 is 20.1 Å². The minimum atomic E-state index is -0.685. The molecule has 0 heterocycles. The number of hydrogen-bond donors (Lipinski definition) is 2. The van der Waals surface area contributed by atoms with Gasteiger partial charge >= 0.3 is 0 Å². The zero-order chi connectivity index (χ0) is 26.1. The van der Waals surface area contributed by atoms with Crippen molar-refractivity contribution in [2.75, 3.05) is 23.8 Å². The minimum Gasteiger partial charge on any atom is -0.490 e. The normalized spacial score (nSPS) is 10.8. The van der Waals surface area contributed by atoms with Gasteiger partial charge in [-0.3, -0.25) is 9.59 Å². The highest BCUT2D eigenvalue weighted by molar-refractivity contribution is 6.33. The Morgan fingerprint density at radius 2 is 1.75 bits per heavy atom. The smallest absolute Gasteiger partial charge is 0.266 e. The molecule has 7 nitrogen and oxygen atoms in total. The summed E-state index contributed by atoms with van der Waals surface area (Å²) in [6, 6.07) is 16.7. The van der Waals surface area contributed by atoms with Crippen LogP contribution < -0.4 is 20.1 Å². The molecule has 184 valence electrons. The number of carbonyl (C=O) groups excluding carboxylic acids is 2. The van der Waals surface area contributed by atoms with Gasteiger partial charge in [0.25, 0.3) is 11.8 Å². The summed E-state index contributed by atoms with van der Waals surface area (Å²) in [6.07, 6.45) is 1.32. The van der Waals surface area contributed by atoms with Crippen LogP contribution in [-0.2, 0) is 9.59 Å². The minimum absolute atomic E-state index is 0.106. The number of ether oxygens (including phenoxy) is 2. The van der Waals surface area contributed by atoms with E-state index in [9.17, 15) is 19.2 Å². The zero-order valence-electron chi connectivity index (χ0n) is 19.0. The molecule has 3 rings (SSSR count). The largest absolute Gasteiger partial charge is 0.490 e. The van der Waals surface area contributed by atoms with Gasteiger partial charge in [0.1, 0.15) is 17.5 Å². The van der Waals surface area contributed by atoms with Gasteiger partial charge in [-0.25, -0.2) is 4.39 Å². The van der Waals surface area contributed by atoms with Gasteiger partial charge in [-0.2, -0.15) is 5.26 Å². The summed E-state index contributed by atoms with van der Waals surface area (Å²) in [4.78, 5) is 24.8. The number of rotatable bonds is 9. The van der Waals surface area contributed by atoms with Gasteiger partial charge in [-0.15, -0.1) is 0 Å². The average Bonchev–Trinajstić information content (AvgIpc) is 2.85. The number of nitrogens with one attached hydrogen (secondary N) is 2. The van der Waals surface area contributed by atoms with Gasteiger partial charge in [0.2, 0.25) is 0 Å². The first-order chi connectivity index (χ1) is 17.3. The van der Waals surface area contributed by atoms with Crippen molar-refractivity contribution in [3.05, 3.63) is 87.7 Å². The van der Waals surface area contributed by atoms with E-state index >= 15 is 0 Å². The van der Waals surface area contributed by atoms with Crippen LogP contribution in [0.15, 0.2) is 66.2 Å². The van der Waals surface area contributed by atoms with Crippen LogP contribution in [0.2, 0.25) is 10.0 Å². The van der Waals surface area contributed by atoms with Gasteiger partial charge in [-0.05, 0) is 67.1 Å². The number of para-hydroxylation sites is 1. The molecule has 0 radical (unpaired) electrons. The maximum atomic E-state index is 13.1. The molecule has 0 aromatic heterocycles. The second-order valence-corrected chi connectivity index (χ2v) is 8.02. The molecule has 0 aliphatic rings. The van der Waals surface area contributed by atoms with Crippen LogP contribution in [0, 0.1) is 17.1 Å². The highest BCUT2D eigenvalue weighted by atomic mass is 35.5. The lowest BCUT2D eigenvalue weighted by atomic mass is 10.1. The van der Waals surface area contributed by atoms with Crippen LogP contribution >= 0.6 is 23.2 Å². The second kappa shape index (κ2) is 12.6.